The summed E-state index contributed by atoms with van der Waals surface area (Å²) in [5.74, 6) is 0.906. The lowest BCUT2D eigenvalue weighted by atomic mass is 10.1. The molecule has 2 saturated heterocycles. The van der Waals surface area contributed by atoms with Crippen molar-refractivity contribution < 1.29 is 0 Å². The number of rotatable bonds is 3. The summed E-state index contributed by atoms with van der Waals surface area (Å²) in [5, 5.41) is 3.46. The maximum atomic E-state index is 3.46. The van der Waals surface area contributed by atoms with Gasteiger partial charge in [-0.2, -0.15) is 0 Å². The standard InChI is InChI=1S/C13H27N3/c1-11(2)15-6-4-13(9-15)10-16-7-5-14-8-12(16)3/h11-14H,4-10H2,1-3H3. The van der Waals surface area contributed by atoms with Gasteiger partial charge in [0.2, 0.25) is 0 Å². The zero-order valence-corrected chi connectivity index (χ0v) is 11.1. The molecule has 0 saturated carbocycles. The molecule has 1 N–H and O–H groups in total. The van der Waals surface area contributed by atoms with Crippen molar-refractivity contribution >= 4 is 0 Å². The third-order valence-corrected chi connectivity index (χ3v) is 4.18. The number of nitrogens with zero attached hydrogens (tertiary/aromatic N) is 2. The molecule has 0 amide bonds. The van der Waals surface area contributed by atoms with Crippen molar-refractivity contribution in [3.63, 3.8) is 0 Å². The van der Waals surface area contributed by atoms with Crippen molar-refractivity contribution in [1.82, 2.24) is 15.1 Å². The van der Waals surface area contributed by atoms with Gasteiger partial charge in [0.25, 0.3) is 0 Å². The quantitative estimate of drug-likeness (QED) is 0.773. The van der Waals surface area contributed by atoms with Gasteiger partial charge in [0.05, 0.1) is 0 Å². The maximum absolute atomic E-state index is 3.46. The summed E-state index contributed by atoms with van der Waals surface area (Å²) in [7, 11) is 0. The first-order valence-corrected chi connectivity index (χ1v) is 6.85. The molecule has 0 bridgehead atoms. The lowest BCUT2D eigenvalue weighted by Gasteiger charge is -2.35. The van der Waals surface area contributed by atoms with Crippen molar-refractivity contribution in [2.45, 2.75) is 39.3 Å². The first kappa shape index (κ1) is 12.3. The van der Waals surface area contributed by atoms with Crippen LogP contribution >= 0.6 is 0 Å². The predicted octanol–water partition coefficient (Wildman–Crippen LogP) is 1.01. The van der Waals surface area contributed by atoms with Gasteiger partial charge in [-0.3, -0.25) is 4.90 Å². The lowest BCUT2D eigenvalue weighted by Crippen LogP contribution is -2.51. The van der Waals surface area contributed by atoms with Crippen LogP contribution in [-0.4, -0.2) is 61.2 Å². The Morgan fingerprint density at radius 3 is 2.75 bits per heavy atom. The third kappa shape index (κ3) is 2.96. The van der Waals surface area contributed by atoms with E-state index in [1.165, 1.54) is 45.7 Å². The zero-order chi connectivity index (χ0) is 11.5. The van der Waals surface area contributed by atoms with Crippen molar-refractivity contribution in [3.05, 3.63) is 0 Å². The van der Waals surface area contributed by atoms with E-state index in [2.05, 4.69) is 35.9 Å². The SMILES string of the molecule is CC(C)N1CCC(CN2CCNCC2C)C1. The minimum absolute atomic E-state index is 0.724. The van der Waals surface area contributed by atoms with E-state index >= 15 is 0 Å². The van der Waals surface area contributed by atoms with Crippen molar-refractivity contribution in [2.24, 2.45) is 5.92 Å². The normalized spacial score (nSPS) is 33.8. The van der Waals surface area contributed by atoms with E-state index in [1.54, 1.807) is 0 Å². The largest absolute Gasteiger partial charge is 0.314 e. The summed E-state index contributed by atoms with van der Waals surface area (Å²) >= 11 is 0. The lowest BCUT2D eigenvalue weighted by molar-refractivity contribution is 0.145. The van der Waals surface area contributed by atoms with Crippen molar-refractivity contribution in [1.29, 1.82) is 0 Å². The molecule has 3 heteroatoms. The van der Waals surface area contributed by atoms with Gasteiger partial charge in [-0.1, -0.05) is 0 Å². The number of piperazine rings is 1. The Morgan fingerprint density at radius 2 is 2.12 bits per heavy atom. The van der Waals surface area contributed by atoms with E-state index in [-0.39, 0.29) is 0 Å². The van der Waals surface area contributed by atoms with E-state index in [1.807, 2.05) is 0 Å². The van der Waals surface area contributed by atoms with Crippen LogP contribution in [0.1, 0.15) is 27.2 Å². The van der Waals surface area contributed by atoms with Gasteiger partial charge >= 0.3 is 0 Å². The fourth-order valence-electron chi connectivity index (χ4n) is 2.97. The molecule has 2 fully saturated rings. The Balaban J connectivity index is 1.77. The van der Waals surface area contributed by atoms with Gasteiger partial charge in [-0.15, -0.1) is 0 Å². The molecule has 0 spiro atoms. The first-order valence-electron chi connectivity index (χ1n) is 6.85. The van der Waals surface area contributed by atoms with E-state index in [0.29, 0.717) is 0 Å². The average molecular weight is 225 g/mol. The molecule has 2 atom stereocenters. The molecule has 0 aliphatic carbocycles. The Labute approximate surface area is 100 Å². The fourth-order valence-corrected chi connectivity index (χ4v) is 2.97. The highest BCUT2D eigenvalue weighted by Crippen LogP contribution is 2.20. The molecule has 0 aromatic carbocycles. The number of nitrogens with one attached hydrogen (secondary N) is 1. The van der Waals surface area contributed by atoms with Crippen LogP contribution in [-0.2, 0) is 0 Å². The van der Waals surface area contributed by atoms with Crippen LogP contribution in [0.5, 0.6) is 0 Å². The van der Waals surface area contributed by atoms with Crippen molar-refractivity contribution in [2.75, 3.05) is 39.3 Å². The summed E-state index contributed by atoms with van der Waals surface area (Å²) < 4.78 is 0. The highest BCUT2D eigenvalue weighted by Gasteiger charge is 2.27. The van der Waals surface area contributed by atoms with Crippen LogP contribution in [0.2, 0.25) is 0 Å². The van der Waals surface area contributed by atoms with Gasteiger partial charge in [-0.25, -0.2) is 0 Å². The predicted molar refractivity (Wildman–Crippen MR) is 68.7 cm³/mol. The van der Waals surface area contributed by atoms with Crippen LogP contribution in [0.4, 0.5) is 0 Å². The van der Waals surface area contributed by atoms with Crippen LogP contribution in [0.15, 0.2) is 0 Å². The Morgan fingerprint density at radius 1 is 1.31 bits per heavy atom. The van der Waals surface area contributed by atoms with Gasteiger partial charge in [-0.05, 0) is 39.7 Å². The molecule has 94 valence electrons. The van der Waals surface area contributed by atoms with Gasteiger partial charge < -0.3 is 10.2 Å². The van der Waals surface area contributed by atoms with Gasteiger partial charge in [0, 0.05) is 44.8 Å². The Bertz CT molecular complexity index is 217. The van der Waals surface area contributed by atoms with Gasteiger partial charge in [0.1, 0.15) is 0 Å². The van der Waals surface area contributed by atoms with E-state index in [0.717, 1.165) is 18.0 Å². The number of hydrogen-bond acceptors (Lipinski definition) is 3. The minimum Gasteiger partial charge on any atom is -0.314 e. The second-order valence-electron chi connectivity index (χ2n) is 5.79. The summed E-state index contributed by atoms with van der Waals surface area (Å²) in [6.07, 6.45) is 1.40. The zero-order valence-electron chi connectivity index (χ0n) is 11.1. The highest BCUT2D eigenvalue weighted by molar-refractivity contribution is 4.83. The molecule has 3 nitrogen and oxygen atoms in total. The summed E-state index contributed by atoms with van der Waals surface area (Å²) in [6, 6.07) is 1.45. The van der Waals surface area contributed by atoms with E-state index < -0.39 is 0 Å². The average Bonchev–Trinajstić information content (AvgIpc) is 2.70. The monoisotopic (exact) mass is 225 g/mol. The Hall–Kier alpha value is -0.120. The third-order valence-electron chi connectivity index (χ3n) is 4.18. The second-order valence-corrected chi connectivity index (χ2v) is 5.79. The molecular weight excluding hydrogens is 198 g/mol. The highest BCUT2D eigenvalue weighted by atomic mass is 15.2. The van der Waals surface area contributed by atoms with E-state index in [9.17, 15) is 0 Å². The Kier molecular flexibility index (Phi) is 4.22. The number of hydrogen-bond donors (Lipinski definition) is 1. The van der Waals surface area contributed by atoms with E-state index in [4.69, 9.17) is 0 Å². The second kappa shape index (κ2) is 5.48. The molecule has 2 aliphatic heterocycles. The van der Waals surface area contributed by atoms with Crippen LogP contribution < -0.4 is 5.32 Å². The number of likely N-dealkylation sites (tertiary alicyclic amines) is 1. The molecular formula is C13H27N3. The van der Waals surface area contributed by atoms with Gasteiger partial charge in [0.15, 0.2) is 0 Å². The van der Waals surface area contributed by atoms with Crippen molar-refractivity contribution in [3.8, 4) is 0 Å². The summed E-state index contributed by atoms with van der Waals surface area (Å²) in [4.78, 5) is 5.29. The maximum Gasteiger partial charge on any atom is 0.0193 e. The molecule has 2 rings (SSSR count). The minimum atomic E-state index is 0.724. The summed E-state index contributed by atoms with van der Waals surface area (Å²) in [6.45, 7) is 14.5. The van der Waals surface area contributed by atoms with Crippen LogP contribution in [0.3, 0.4) is 0 Å². The molecule has 0 aromatic rings. The topological polar surface area (TPSA) is 18.5 Å². The fraction of sp³-hybridized carbons (Fsp3) is 1.00. The van der Waals surface area contributed by atoms with Crippen LogP contribution in [0.25, 0.3) is 0 Å². The molecule has 2 heterocycles. The molecule has 2 aliphatic rings. The van der Waals surface area contributed by atoms with Crippen LogP contribution in [0, 0.1) is 5.92 Å². The molecule has 2 unspecified atom stereocenters. The first-order chi connectivity index (χ1) is 7.66. The smallest absolute Gasteiger partial charge is 0.0193 e. The summed E-state index contributed by atoms with van der Waals surface area (Å²) in [5.41, 5.74) is 0. The molecule has 0 radical (unpaired) electrons. The molecule has 0 aromatic heterocycles. The molecule has 16 heavy (non-hydrogen) atoms.